The van der Waals surface area contributed by atoms with Gasteiger partial charge in [0.25, 0.3) is 0 Å². The first-order valence-corrected chi connectivity index (χ1v) is 13.1. The second-order valence-electron chi connectivity index (χ2n) is 10.9. The molecule has 4 rings (SSSR count). The minimum absolute atomic E-state index is 0.0859. The molecule has 0 bridgehead atoms. The van der Waals surface area contributed by atoms with E-state index in [2.05, 4.69) is 16.3 Å². The van der Waals surface area contributed by atoms with Crippen molar-refractivity contribution in [3.8, 4) is 6.07 Å². The fourth-order valence-electron chi connectivity index (χ4n) is 5.63. The number of carbonyl (C=O) groups excluding carboxylic acids is 2. The maximum atomic E-state index is 12.9. The lowest BCUT2D eigenvalue weighted by Crippen LogP contribution is -2.50. The number of hydrogen-bond acceptors (Lipinski definition) is 10. The third-order valence-electron chi connectivity index (χ3n) is 7.55. The molecule has 4 aliphatic rings. The van der Waals surface area contributed by atoms with Gasteiger partial charge < -0.3 is 39.2 Å². The van der Waals surface area contributed by atoms with E-state index < -0.39 is 36.4 Å². The molecular formula is C25H40N4O7. The molecule has 0 aliphatic carbocycles. The molecule has 202 valence electrons. The van der Waals surface area contributed by atoms with Crippen molar-refractivity contribution in [2.24, 2.45) is 5.92 Å². The highest BCUT2D eigenvalue weighted by Gasteiger charge is 2.54. The summed E-state index contributed by atoms with van der Waals surface area (Å²) in [6.07, 6.45) is 0.0301. The first kappa shape index (κ1) is 27.2. The molecule has 4 heterocycles. The number of esters is 1. The molecule has 0 aromatic carbocycles. The van der Waals surface area contributed by atoms with Crippen LogP contribution in [0.25, 0.3) is 0 Å². The van der Waals surface area contributed by atoms with Crippen LogP contribution in [0.3, 0.4) is 0 Å². The van der Waals surface area contributed by atoms with Gasteiger partial charge in [0, 0.05) is 31.5 Å². The summed E-state index contributed by atoms with van der Waals surface area (Å²) in [5, 5.41) is 23.6. The molecule has 4 fully saturated rings. The Morgan fingerprint density at radius 2 is 1.97 bits per heavy atom. The van der Waals surface area contributed by atoms with Crippen molar-refractivity contribution in [2.75, 3.05) is 32.7 Å². The number of likely N-dealkylation sites (tertiary alicyclic amines) is 2. The highest BCUT2D eigenvalue weighted by Crippen LogP contribution is 2.37. The van der Waals surface area contributed by atoms with Gasteiger partial charge in [-0.2, -0.15) is 5.26 Å². The monoisotopic (exact) mass is 508 g/mol. The summed E-state index contributed by atoms with van der Waals surface area (Å²) in [6.45, 7) is 10.2. The summed E-state index contributed by atoms with van der Waals surface area (Å²) >= 11 is 0. The molecule has 1 amide bonds. The second kappa shape index (κ2) is 11.3. The molecule has 7 atom stereocenters. The van der Waals surface area contributed by atoms with Crippen LogP contribution in [0.1, 0.15) is 53.4 Å². The minimum atomic E-state index is -0.757. The van der Waals surface area contributed by atoms with E-state index in [0.29, 0.717) is 25.9 Å². The number of amides is 1. The van der Waals surface area contributed by atoms with Crippen LogP contribution < -0.4 is 5.32 Å². The van der Waals surface area contributed by atoms with Gasteiger partial charge in [-0.15, -0.1) is 0 Å². The zero-order valence-corrected chi connectivity index (χ0v) is 21.7. The van der Waals surface area contributed by atoms with Crippen LogP contribution in [0.5, 0.6) is 0 Å². The average molecular weight is 509 g/mol. The summed E-state index contributed by atoms with van der Waals surface area (Å²) in [5.41, 5.74) is 0. The van der Waals surface area contributed by atoms with Crippen LogP contribution in [0.15, 0.2) is 0 Å². The summed E-state index contributed by atoms with van der Waals surface area (Å²) in [5.74, 6) is -1.31. The number of ether oxygens (including phenoxy) is 4. The molecule has 4 saturated heterocycles. The Labute approximate surface area is 213 Å². The second-order valence-corrected chi connectivity index (χ2v) is 10.9. The highest BCUT2D eigenvalue weighted by atomic mass is 16.8. The number of nitriles is 1. The quantitative estimate of drug-likeness (QED) is 0.443. The van der Waals surface area contributed by atoms with E-state index in [1.807, 2.05) is 27.7 Å². The van der Waals surface area contributed by atoms with E-state index in [1.165, 1.54) is 4.90 Å². The predicted molar refractivity (Wildman–Crippen MR) is 127 cm³/mol. The molecule has 11 heteroatoms. The smallest absolute Gasteiger partial charge is 0.306 e. The van der Waals surface area contributed by atoms with Crippen molar-refractivity contribution in [3.63, 3.8) is 0 Å². The number of hydrogen-bond donors (Lipinski definition) is 2. The van der Waals surface area contributed by atoms with Crippen molar-refractivity contribution in [1.29, 1.82) is 5.26 Å². The van der Waals surface area contributed by atoms with Gasteiger partial charge in [-0.1, -0.05) is 13.8 Å². The minimum Gasteiger partial charge on any atom is -0.459 e. The Hall–Kier alpha value is -1.81. The lowest BCUT2D eigenvalue weighted by atomic mass is 10.0. The fourth-order valence-corrected chi connectivity index (χ4v) is 5.63. The van der Waals surface area contributed by atoms with E-state index >= 15 is 0 Å². The lowest BCUT2D eigenvalue weighted by molar-refractivity contribution is -0.216. The number of aliphatic hydroxyl groups excluding tert-OH is 1. The third kappa shape index (κ3) is 6.01. The molecule has 2 unspecified atom stereocenters. The van der Waals surface area contributed by atoms with Gasteiger partial charge in [-0.3, -0.25) is 9.59 Å². The van der Waals surface area contributed by atoms with Gasteiger partial charge in [0.1, 0.15) is 24.4 Å². The van der Waals surface area contributed by atoms with Crippen LogP contribution in [-0.4, -0.2) is 108 Å². The van der Waals surface area contributed by atoms with Crippen molar-refractivity contribution in [1.82, 2.24) is 15.1 Å². The van der Waals surface area contributed by atoms with Gasteiger partial charge in [-0.05, 0) is 46.2 Å². The predicted octanol–water partition coefficient (Wildman–Crippen LogP) is 0.360. The number of nitrogens with zero attached hydrogens (tertiary/aromatic N) is 3. The lowest BCUT2D eigenvalue weighted by Gasteiger charge is -2.35. The molecule has 36 heavy (non-hydrogen) atoms. The van der Waals surface area contributed by atoms with E-state index in [4.69, 9.17) is 18.9 Å². The largest absolute Gasteiger partial charge is 0.459 e. The molecule has 4 aliphatic heterocycles. The van der Waals surface area contributed by atoms with Crippen molar-refractivity contribution >= 4 is 11.9 Å². The molecular weight excluding hydrogens is 468 g/mol. The summed E-state index contributed by atoms with van der Waals surface area (Å²) in [7, 11) is 0. The van der Waals surface area contributed by atoms with Gasteiger partial charge in [0.15, 0.2) is 18.1 Å². The Bertz CT molecular complexity index is 841. The first-order valence-electron chi connectivity index (χ1n) is 13.1. The zero-order valence-electron chi connectivity index (χ0n) is 21.7. The standard InChI is InChI=1S/C25H40N4O7/c1-5-6-20(31)34-22-15(2)13-29(17(22)11-26)19(30)12-27-16-7-9-28(10-8-16)14-18-21(32)23-24(33-18)36-25(3,4)35-23/h15-18,21-24,27,32H,5-10,12-14H2,1-4H3/t15?,17-,18-,21+,22?,23-,24-/m1/s1. The van der Waals surface area contributed by atoms with Crippen LogP contribution in [0, 0.1) is 17.2 Å². The zero-order chi connectivity index (χ0) is 26.0. The molecule has 0 spiro atoms. The van der Waals surface area contributed by atoms with Crippen LogP contribution in [-0.2, 0) is 28.5 Å². The molecule has 0 saturated carbocycles. The van der Waals surface area contributed by atoms with Crippen LogP contribution in [0.2, 0.25) is 0 Å². The maximum Gasteiger partial charge on any atom is 0.306 e. The normalized spacial score (nSPS) is 36.6. The highest BCUT2D eigenvalue weighted by molar-refractivity contribution is 5.79. The van der Waals surface area contributed by atoms with E-state index in [9.17, 15) is 20.0 Å². The third-order valence-corrected chi connectivity index (χ3v) is 7.55. The van der Waals surface area contributed by atoms with Crippen molar-refractivity contribution in [2.45, 2.75) is 102 Å². The summed E-state index contributed by atoms with van der Waals surface area (Å²) < 4.78 is 22.9. The summed E-state index contributed by atoms with van der Waals surface area (Å²) in [4.78, 5) is 28.7. The number of aliphatic hydroxyl groups is 1. The Balaban J connectivity index is 1.19. The number of fused-ring (bicyclic) bond motifs is 1. The van der Waals surface area contributed by atoms with Crippen molar-refractivity contribution < 1.29 is 33.6 Å². The van der Waals surface area contributed by atoms with Gasteiger partial charge >= 0.3 is 5.97 Å². The fraction of sp³-hybridized carbons (Fsp3) is 0.880. The molecule has 0 aromatic rings. The van der Waals surface area contributed by atoms with Gasteiger partial charge in [0.05, 0.1) is 12.6 Å². The molecule has 0 aromatic heterocycles. The van der Waals surface area contributed by atoms with Gasteiger partial charge in [0.2, 0.25) is 5.91 Å². The Kier molecular flexibility index (Phi) is 8.54. The first-order chi connectivity index (χ1) is 17.1. The van der Waals surface area contributed by atoms with Crippen LogP contribution in [0.4, 0.5) is 0 Å². The topological polar surface area (TPSA) is 134 Å². The van der Waals surface area contributed by atoms with E-state index in [0.717, 1.165) is 25.9 Å². The Morgan fingerprint density at radius 1 is 1.25 bits per heavy atom. The molecule has 11 nitrogen and oxygen atoms in total. The van der Waals surface area contributed by atoms with Crippen LogP contribution >= 0.6 is 0 Å². The number of rotatable bonds is 8. The van der Waals surface area contributed by atoms with Gasteiger partial charge in [-0.25, -0.2) is 0 Å². The van der Waals surface area contributed by atoms with Crippen molar-refractivity contribution in [3.05, 3.63) is 0 Å². The Morgan fingerprint density at radius 3 is 2.61 bits per heavy atom. The maximum absolute atomic E-state index is 12.9. The average Bonchev–Trinajstić information content (AvgIpc) is 3.41. The SMILES string of the molecule is CCCC(=O)OC1C(C)CN(C(=O)CNC2CCN(C[C@H]3O[C@@H]4OC(C)(C)O[C@@H]4[C@H]3O)CC2)[C@@H]1C#N. The van der Waals surface area contributed by atoms with E-state index in [-0.39, 0.29) is 36.5 Å². The number of carbonyl (C=O) groups is 2. The van der Waals surface area contributed by atoms with E-state index in [1.54, 1.807) is 0 Å². The molecule has 0 radical (unpaired) electrons. The summed E-state index contributed by atoms with van der Waals surface area (Å²) in [6, 6.07) is 1.60. The molecule has 2 N–H and O–H groups in total. The number of piperidine rings is 1. The number of nitrogens with one attached hydrogen (secondary N) is 1.